The Morgan fingerprint density at radius 3 is 2.70 bits per heavy atom. The smallest absolute Gasteiger partial charge is 0.382 e. The standard InChI is InChI=1S/C14H10F3N3O2S/c15-14(16,17)7-1-2-8-9(5-7)20-6-13(10(8)21,11(18)22)12-19-3-4-23-12/h1-5,20H,6H2,(H2,18,22). The van der Waals surface area contributed by atoms with E-state index in [1.54, 1.807) is 5.38 Å². The first-order valence-electron chi connectivity index (χ1n) is 6.46. The van der Waals surface area contributed by atoms with Gasteiger partial charge in [-0.1, -0.05) is 0 Å². The molecule has 5 nitrogen and oxygen atoms in total. The van der Waals surface area contributed by atoms with Gasteiger partial charge in [-0.2, -0.15) is 13.2 Å². The molecular weight excluding hydrogens is 331 g/mol. The van der Waals surface area contributed by atoms with E-state index >= 15 is 0 Å². The van der Waals surface area contributed by atoms with E-state index < -0.39 is 28.8 Å². The average Bonchev–Trinajstić information content (AvgIpc) is 3.01. The van der Waals surface area contributed by atoms with Crippen LogP contribution in [0.25, 0.3) is 0 Å². The van der Waals surface area contributed by atoms with Crippen molar-refractivity contribution in [2.24, 2.45) is 5.73 Å². The number of amides is 1. The highest BCUT2D eigenvalue weighted by Gasteiger charge is 2.51. The number of halogens is 3. The van der Waals surface area contributed by atoms with Gasteiger partial charge in [-0.25, -0.2) is 4.98 Å². The molecule has 23 heavy (non-hydrogen) atoms. The molecule has 1 unspecified atom stereocenters. The van der Waals surface area contributed by atoms with Crippen molar-refractivity contribution >= 4 is 28.7 Å². The fourth-order valence-electron chi connectivity index (χ4n) is 2.51. The third-order valence-electron chi connectivity index (χ3n) is 3.74. The molecule has 0 bridgehead atoms. The molecule has 3 rings (SSSR count). The molecule has 2 aromatic rings. The van der Waals surface area contributed by atoms with Crippen LogP contribution in [0, 0.1) is 0 Å². The van der Waals surface area contributed by atoms with Crippen molar-refractivity contribution in [1.82, 2.24) is 4.98 Å². The van der Waals surface area contributed by atoms with E-state index in [1.165, 1.54) is 6.20 Å². The number of hydrogen-bond acceptors (Lipinski definition) is 5. The number of Topliss-reactive ketones (excluding diaryl/α,β-unsaturated/α-hetero) is 1. The summed E-state index contributed by atoms with van der Waals surface area (Å²) >= 11 is 1.09. The summed E-state index contributed by atoms with van der Waals surface area (Å²) < 4.78 is 38.3. The zero-order valence-electron chi connectivity index (χ0n) is 11.5. The molecule has 1 aliphatic rings. The van der Waals surface area contributed by atoms with Gasteiger partial charge in [0.15, 0.2) is 11.2 Å². The molecule has 2 heterocycles. The zero-order chi connectivity index (χ0) is 16.8. The monoisotopic (exact) mass is 341 g/mol. The molecule has 1 aliphatic heterocycles. The minimum Gasteiger partial charge on any atom is -0.382 e. The third kappa shape index (κ3) is 2.27. The molecule has 0 fully saturated rings. The first-order valence-corrected chi connectivity index (χ1v) is 7.34. The van der Waals surface area contributed by atoms with E-state index in [0.29, 0.717) is 0 Å². The van der Waals surface area contributed by atoms with Crippen LogP contribution in [0.2, 0.25) is 0 Å². The highest BCUT2D eigenvalue weighted by molar-refractivity contribution is 7.10. The summed E-state index contributed by atoms with van der Waals surface area (Å²) in [6.45, 7) is -0.233. The number of rotatable bonds is 2. The number of anilines is 1. The zero-order valence-corrected chi connectivity index (χ0v) is 12.3. The van der Waals surface area contributed by atoms with E-state index in [2.05, 4.69) is 10.3 Å². The molecule has 120 valence electrons. The van der Waals surface area contributed by atoms with Gasteiger partial charge < -0.3 is 11.1 Å². The maximum Gasteiger partial charge on any atom is 0.416 e. The summed E-state index contributed by atoms with van der Waals surface area (Å²) in [6, 6.07) is 2.70. The van der Waals surface area contributed by atoms with Crippen LogP contribution in [0.15, 0.2) is 29.8 Å². The largest absolute Gasteiger partial charge is 0.416 e. The quantitative estimate of drug-likeness (QED) is 0.820. The minimum absolute atomic E-state index is 0.0155. The Labute approximate surface area is 132 Å². The van der Waals surface area contributed by atoms with Crippen LogP contribution in [-0.4, -0.2) is 23.2 Å². The van der Waals surface area contributed by atoms with Crippen LogP contribution in [0.3, 0.4) is 0 Å². The number of nitrogens with one attached hydrogen (secondary N) is 1. The van der Waals surface area contributed by atoms with E-state index in [-0.39, 0.29) is 22.8 Å². The van der Waals surface area contributed by atoms with Gasteiger partial charge in [0.1, 0.15) is 5.01 Å². The molecule has 0 radical (unpaired) electrons. The molecule has 0 saturated carbocycles. The Morgan fingerprint density at radius 2 is 2.13 bits per heavy atom. The number of fused-ring (bicyclic) bond motifs is 1. The van der Waals surface area contributed by atoms with Crippen molar-refractivity contribution < 1.29 is 22.8 Å². The number of alkyl halides is 3. The number of hydrogen-bond donors (Lipinski definition) is 2. The molecule has 1 atom stereocenters. The Balaban J connectivity index is 2.12. The highest BCUT2D eigenvalue weighted by atomic mass is 32.1. The molecule has 0 aliphatic carbocycles. The Kier molecular flexibility index (Phi) is 3.40. The third-order valence-corrected chi connectivity index (χ3v) is 4.68. The van der Waals surface area contributed by atoms with Gasteiger partial charge in [0.2, 0.25) is 5.91 Å². The summed E-state index contributed by atoms with van der Waals surface area (Å²) in [5, 5.41) is 4.52. The number of carbonyl (C=O) groups excluding carboxylic acids is 2. The number of benzene rings is 1. The number of nitrogens with zero attached hydrogens (tertiary/aromatic N) is 1. The van der Waals surface area contributed by atoms with Gasteiger partial charge in [-0.15, -0.1) is 11.3 Å². The molecule has 1 amide bonds. The molecule has 1 aromatic carbocycles. The average molecular weight is 341 g/mol. The van der Waals surface area contributed by atoms with Crippen molar-refractivity contribution in [1.29, 1.82) is 0 Å². The van der Waals surface area contributed by atoms with E-state index in [0.717, 1.165) is 29.5 Å². The van der Waals surface area contributed by atoms with Crippen molar-refractivity contribution in [2.45, 2.75) is 11.6 Å². The Bertz CT molecular complexity index is 789. The lowest BCUT2D eigenvalue weighted by Gasteiger charge is -2.33. The van der Waals surface area contributed by atoms with Crippen molar-refractivity contribution in [3.63, 3.8) is 0 Å². The predicted octanol–water partition coefficient (Wildman–Crippen LogP) is 2.19. The second kappa shape index (κ2) is 5.05. The first kappa shape index (κ1) is 15.5. The molecule has 1 aromatic heterocycles. The number of nitrogens with two attached hydrogens (primary N) is 1. The first-order chi connectivity index (χ1) is 10.8. The molecule has 0 spiro atoms. The van der Waals surface area contributed by atoms with E-state index in [4.69, 9.17) is 5.73 Å². The van der Waals surface area contributed by atoms with Crippen LogP contribution in [0.4, 0.5) is 18.9 Å². The molecule has 9 heteroatoms. The van der Waals surface area contributed by atoms with Crippen LogP contribution in [-0.2, 0) is 16.4 Å². The van der Waals surface area contributed by atoms with Gasteiger partial charge in [0, 0.05) is 29.4 Å². The van der Waals surface area contributed by atoms with Gasteiger partial charge in [0.05, 0.1) is 5.56 Å². The summed E-state index contributed by atoms with van der Waals surface area (Å²) in [7, 11) is 0. The van der Waals surface area contributed by atoms with Crippen LogP contribution in [0.5, 0.6) is 0 Å². The number of carbonyl (C=O) groups is 2. The van der Waals surface area contributed by atoms with Crippen LogP contribution in [0.1, 0.15) is 20.9 Å². The highest BCUT2D eigenvalue weighted by Crippen LogP contribution is 2.39. The lowest BCUT2D eigenvalue weighted by atomic mass is 9.76. The van der Waals surface area contributed by atoms with E-state index in [9.17, 15) is 22.8 Å². The normalized spacial score (nSPS) is 20.7. The summed E-state index contributed by atoms with van der Waals surface area (Å²) in [4.78, 5) is 28.7. The molecule has 3 N–H and O–H groups in total. The maximum absolute atomic E-state index is 12.8. The lowest BCUT2D eigenvalue weighted by Crippen LogP contribution is -2.55. The maximum atomic E-state index is 12.8. The second-order valence-corrected chi connectivity index (χ2v) is 5.94. The van der Waals surface area contributed by atoms with Crippen LogP contribution < -0.4 is 11.1 Å². The number of ketones is 1. The van der Waals surface area contributed by atoms with Crippen LogP contribution >= 0.6 is 11.3 Å². The fourth-order valence-corrected chi connectivity index (χ4v) is 3.35. The second-order valence-electron chi connectivity index (χ2n) is 5.05. The van der Waals surface area contributed by atoms with Gasteiger partial charge in [-0.3, -0.25) is 9.59 Å². The van der Waals surface area contributed by atoms with Crippen molar-refractivity contribution in [2.75, 3.05) is 11.9 Å². The lowest BCUT2D eigenvalue weighted by molar-refractivity contribution is -0.137. The number of aromatic nitrogens is 1. The van der Waals surface area contributed by atoms with Crippen molar-refractivity contribution in [3.8, 4) is 0 Å². The fraction of sp³-hybridized carbons (Fsp3) is 0.214. The van der Waals surface area contributed by atoms with Crippen molar-refractivity contribution in [3.05, 3.63) is 45.9 Å². The number of thiazole rings is 1. The molecular formula is C14H10F3N3O2S. The molecule has 0 saturated heterocycles. The SMILES string of the molecule is NC(=O)C1(c2nccs2)CNc2cc(C(F)(F)F)ccc2C1=O. The number of primary amides is 1. The van der Waals surface area contributed by atoms with Gasteiger partial charge in [0.25, 0.3) is 0 Å². The van der Waals surface area contributed by atoms with Gasteiger partial charge in [-0.05, 0) is 18.2 Å². The Morgan fingerprint density at radius 1 is 1.39 bits per heavy atom. The minimum atomic E-state index is -4.52. The van der Waals surface area contributed by atoms with Gasteiger partial charge >= 0.3 is 6.18 Å². The predicted molar refractivity (Wildman–Crippen MR) is 77.3 cm³/mol. The summed E-state index contributed by atoms with van der Waals surface area (Å²) in [6.07, 6.45) is -3.09. The summed E-state index contributed by atoms with van der Waals surface area (Å²) in [5.74, 6) is -1.54. The topological polar surface area (TPSA) is 85.1 Å². The Hall–Kier alpha value is -2.42. The van der Waals surface area contributed by atoms with E-state index in [1.807, 2.05) is 0 Å². The summed E-state index contributed by atoms with van der Waals surface area (Å²) in [5.41, 5.74) is 2.85.